The molecule has 1 atom stereocenters. The molecule has 16 heavy (non-hydrogen) atoms. The molecule has 1 N–H and O–H groups in total. The Kier molecular flexibility index (Phi) is 3.81. The van der Waals surface area contributed by atoms with Crippen LogP contribution >= 0.6 is 22.6 Å². The predicted octanol–water partition coefficient (Wildman–Crippen LogP) is 1.89. The van der Waals surface area contributed by atoms with Crippen LogP contribution in [-0.4, -0.2) is 35.1 Å². The molecule has 1 amide bonds. The molecule has 2 rings (SSSR count). The van der Waals surface area contributed by atoms with Gasteiger partial charge in [-0.2, -0.15) is 0 Å². The molecule has 1 aromatic carbocycles. The van der Waals surface area contributed by atoms with E-state index in [0.717, 1.165) is 28.5 Å². The second-order valence-electron chi connectivity index (χ2n) is 3.96. The van der Waals surface area contributed by atoms with Crippen molar-refractivity contribution in [2.24, 2.45) is 0 Å². The summed E-state index contributed by atoms with van der Waals surface area (Å²) in [4.78, 5) is 14.0. The van der Waals surface area contributed by atoms with E-state index in [4.69, 9.17) is 0 Å². The van der Waals surface area contributed by atoms with Gasteiger partial charge >= 0.3 is 0 Å². The maximum absolute atomic E-state index is 12.2. The highest BCUT2D eigenvalue weighted by Crippen LogP contribution is 2.21. The van der Waals surface area contributed by atoms with Crippen LogP contribution in [0.4, 0.5) is 0 Å². The summed E-state index contributed by atoms with van der Waals surface area (Å²) in [5.41, 5.74) is 0.739. The second-order valence-corrected chi connectivity index (χ2v) is 5.12. The number of hydrogen-bond donors (Lipinski definition) is 1. The number of carbonyl (C=O) groups is 1. The lowest BCUT2D eigenvalue weighted by Gasteiger charge is -2.23. The van der Waals surface area contributed by atoms with Gasteiger partial charge in [0.25, 0.3) is 5.91 Å². The molecule has 0 aromatic heterocycles. The number of aliphatic hydroxyl groups excluding tert-OH is 1. The van der Waals surface area contributed by atoms with Crippen LogP contribution in [0.3, 0.4) is 0 Å². The lowest BCUT2D eigenvalue weighted by molar-refractivity contribution is 0.0676. The van der Waals surface area contributed by atoms with Gasteiger partial charge in [-0.05, 0) is 47.6 Å². The summed E-state index contributed by atoms with van der Waals surface area (Å²) in [7, 11) is 0. The molecule has 1 heterocycles. The lowest BCUT2D eigenvalue weighted by Crippen LogP contribution is -2.37. The van der Waals surface area contributed by atoms with Gasteiger partial charge in [0.2, 0.25) is 0 Å². The van der Waals surface area contributed by atoms with Crippen molar-refractivity contribution in [1.82, 2.24) is 4.90 Å². The summed E-state index contributed by atoms with van der Waals surface area (Å²) in [5, 5.41) is 9.21. The van der Waals surface area contributed by atoms with Crippen LogP contribution in [-0.2, 0) is 0 Å². The topological polar surface area (TPSA) is 40.5 Å². The van der Waals surface area contributed by atoms with Gasteiger partial charge in [0, 0.05) is 10.1 Å². The number of aliphatic hydroxyl groups is 1. The van der Waals surface area contributed by atoms with Crippen molar-refractivity contribution in [3.05, 3.63) is 33.4 Å². The minimum absolute atomic E-state index is 0.00325. The molecule has 0 spiro atoms. The van der Waals surface area contributed by atoms with Crippen LogP contribution in [0.5, 0.6) is 0 Å². The first-order valence-electron chi connectivity index (χ1n) is 5.40. The molecular formula is C12H14INO2. The van der Waals surface area contributed by atoms with Crippen molar-refractivity contribution in [3.63, 3.8) is 0 Å². The largest absolute Gasteiger partial charge is 0.394 e. The molecule has 1 saturated heterocycles. The first-order valence-corrected chi connectivity index (χ1v) is 6.48. The standard InChI is InChI=1S/C12H14INO2/c13-11-6-2-1-5-10(11)12(16)14-7-3-4-9(14)8-15/h1-2,5-6,9,15H,3-4,7-8H2/t9-/m1/s1. The summed E-state index contributed by atoms with van der Waals surface area (Å²) >= 11 is 2.17. The smallest absolute Gasteiger partial charge is 0.255 e. The maximum atomic E-state index is 12.2. The maximum Gasteiger partial charge on any atom is 0.255 e. The zero-order valence-electron chi connectivity index (χ0n) is 8.90. The minimum atomic E-state index is 0.00325. The van der Waals surface area contributed by atoms with Gasteiger partial charge in [-0.15, -0.1) is 0 Å². The predicted molar refractivity (Wildman–Crippen MR) is 70.3 cm³/mol. The zero-order valence-corrected chi connectivity index (χ0v) is 11.1. The molecule has 0 saturated carbocycles. The quantitative estimate of drug-likeness (QED) is 0.841. The Morgan fingerprint density at radius 1 is 1.50 bits per heavy atom. The van der Waals surface area contributed by atoms with Gasteiger partial charge in [0.15, 0.2) is 0 Å². The monoisotopic (exact) mass is 331 g/mol. The Labute approximate surface area is 109 Å². The van der Waals surface area contributed by atoms with E-state index >= 15 is 0 Å². The number of rotatable bonds is 2. The molecule has 1 fully saturated rings. The fourth-order valence-corrected chi connectivity index (χ4v) is 2.70. The molecule has 0 aliphatic carbocycles. The highest BCUT2D eigenvalue weighted by Gasteiger charge is 2.29. The number of amides is 1. The summed E-state index contributed by atoms with van der Waals surface area (Å²) < 4.78 is 0.966. The third-order valence-electron chi connectivity index (χ3n) is 2.95. The number of hydrogen-bond acceptors (Lipinski definition) is 2. The van der Waals surface area contributed by atoms with E-state index in [0.29, 0.717) is 0 Å². The number of carbonyl (C=O) groups excluding carboxylic acids is 1. The molecule has 0 radical (unpaired) electrons. The van der Waals surface area contributed by atoms with E-state index < -0.39 is 0 Å². The molecule has 0 bridgehead atoms. The molecule has 1 aromatic rings. The van der Waals surface area contributed by atoms with E-state index in [1.807, 2.05) is 24.3 Å². The highest BCUT2D eigenvalue weighted by atomic mass is 127. The van der Waals surface area contributed by atoms with Crippen molar-refractivity contribution < 1.29 is 9.90 Å². The molecule has 1 aliphatic heterocycles. The van der Waals surface area contributed by atoms with Gasteiger partial charge < -0.3 is 10.0 Å². The summed E-state index contributed by atoms with van der Waals surface area (Å²) in [5.74, 6) is 0.0431. The van der Waals surface area contributed by atoms with E-state index in [1.165, 1.54) is 0 Å². The van der Waals surface area contributed by atoms with Crippen LogP contribution in [0.2, 0.25) is 0 Å². The van der Waals surface area contributed by atoms with Crippen molar-refractivity contribution in [3.8, 4) is 0 Å². The summed E-state index contributed by atoms with van der Waals surface area (Å²) in [6, 6.07) is 7.57. The summed E-state index contributed by atoms with van der Waals surface area (Å²) in [6.07, 6.45) is 1.89. The normalized spacial score (nSPS) is 20.1. The fourth-order valence-electron chi connectivity index (χ4n) is 2.08. The Morgan fingerprint density at radius 2 is 2.25 bits per heavy atom. The van der Waals surface area contributed by atoms with Crippen molar-refractivity contribution >= 4 is 28.5 Å². The van der Waals surface area contributed by atoms with Gasteiger partial charge in [0.05, 0.1) is 18.2 Å². The first-order chi connectivity index (χ1) is 7.74. The minimum Gasteiger partial charge on any atom is -0.394 e. The van der Waals surface area contributed by atoms with Gasteiger partial charge in [-0.1, -0.05) is 12.1 Å². The number of likely N-dealkylation sites (tertiary alicyclic amines) is 1. The lowest BCUT2D eigenvalue weighted by atomic mass is 10.2. The molecule has 4 heteroatoms. The van der Waals surface area contributed by atoms with Crippen LogP contribution in [0, 0.1) is 3.57 Å². The third kappa shape index (κ3) is 2.22. The van der Waals surface area contributed by atoms with Crippen LogP contribution in [0.1, 0.15) is 23.2 Å². The van der Waals surface area contributed by atoms with Gasteiger partial charge in [-0.3, -0.25) is 4.79 Å². The number of halogens is 1. The number of benzene rings is 1. The van der Waals surface area contributed by atoms with Crippen molar-refractivity contribution in [2.75, 3.05) is 13.2 Å². The van der Waals surface area contributed by atoms with E-state index in [-0.39, 0.29) is 18.6 Å². The SMILES string of the molecule is O=C(c1ccccc1I)N1CCC[C@@H]1CO. The molecular weight excluding hydrogens is 317 g/mol. The third-order valence-corrected chi connectivity index (χ3v) is 3.89. The van der Waals surface area contributed by atoms with Crippen LogP contribution in [0.25, 0.3) is 0 Å². The Hall–Kier alpha value is -0.620. The Morgan fingerprint density at radius 3 is 2.94 bits per heavy atom. The van der Waals surface area contributed by atoms with Crippen LogP contribution in [0.15, 0.2) is 24.3 Å². The zero-order chi connectivity index (χ0) is 11.5. The highest BCUT2D eigenvalue weighted by molar-refractivity contribution is 14.1. The molecule has 3 nitrogen and oxygen atoms in total. The fraction of sp³-hybridized carbons (Fsp3) is 0.417. The second kappa shape index (κ2) is 5.14. The average Bonchev–Trinajstić information content (AvgIpc) is 2.77. The first kappa shape index (κ1) is 11.9. The Bertz CT molecular complexity index is 394. The number of nitrogens with zero attached hydrogens (tertiary/aromatic N) is 1. The summed E-state index contributed by atoms with van der Waals surface area (Å²) in [6.45, 7) is 0.824. The van der Waals surface area contributed by atoms with Gasteiger partial charge in [-0.25, -0.2) is 0 Å². The van der Waals surface area contributed by atoms with E-state index in [9.17, 15) is 9.90 Å². The Balaban J connectivity index is 2.22. The molecule has 0 unspecified atom stereocenters. The van der Waals surface area contributed by atoms with E-state index in [1.54, 1.807) is 4.90 Å². The van der Waals surface area contributed by atoms with Crippen molar-refractivity contribution in [2.45, 2.75) is 18.9 Å². The molecule has 1 aliphatic rings. The van der Waals surface area contributed by atoms with Crippen LogP contribution < -0.4 is 0 Å². The van der Waals surface area contributed by atoms with Crippen molar-refractivity contribution in [1.29, 1.82) is 0 Å². The average molecular weight is 331 g/mol. The van der Waals surface area contributed by atoms with E-state index in [2.05, 4.69) is 22.6 Å². The molecule has 86 valence electrons. The van der Waals surface area contributed by atoms with Gasteiger partial charge in [0.1, 0.15) is 0 Å².